The lowest BCUT2D eigenvalue weighted by Gasteiger charge is -2.35. The third-order valence-corrected chi connectivity index (χ3v) is 7.70. The number of nitrogens with zero attached hydrogens (tertiary/aromatic N) is 1. The second-order valence-corrected chi connectivity index (χ2v) is 11.2. The highest BCUT2D eigenvalue weighted by molar-refractivity contribution is 6.12. The van der Waals surface area contributed by atoms with Crippen molar-refractivity contribution in [2.24, 2.45) is 0 Å². The molecule has 0 spiro atoms. The average Bonchev–Trinajstić information content (AvgIpc) is 3.30. The first-order valence-corrected chi connectivity index (χ1v) is 15.0. The molecule has 5 atom stereocenters. The number of benzene rings is 1. The molecule has 3 rings (SSSR count). The smallest absolute Gasteiger partial charge is 0.253 e. The Bertz CT molecular complexity index is 1190. The molecule has 44 heavy (non-hydrogen) atoms. The normalized spacial score (nSPS) is 22.2. The highest BCUT2D eigenvalue weighted by atomic mass is 16.5. The van der Waals surface area contributed by atoms with Crippen LogP contribution in [0.4, 0.5) is 5.69 Å². The van der Waals surface area contributed by atoms with Crippen molar-refractivity contribution in [3.63, 3.8) is 0 Å². The predicted octanol–water partition coefficient (Wildman–Crippen LogP) is 0.710. The zero-order valence-corrected chi connectivity index (χ0v) is 25.5. The Hall–Kier alpha value is -3.65. The van der Waals surface area contributed by atoms with E-state index in [4.69, 9.17) is 9.47 Å². The van der Waals surface area contributed by atoms with Gasteiger partial charge < -0.3 is 35.6 Å². The number of aliphatic hydroxyl groups excluding tert-OH is 2. The van der Waals surface area contributed by atoms with E-state index < -0.39 is 36.2 Å². The van der Waals surface area contributed by atoms with Crippen LogP contribution in [0.1, 0.15) is 63.5 Å². The number of hydrogen-bond acceptors (Lipinski definition) is 9. The predicted molar refractivity (Wildman–Crippen MR) is 160 cm³/mol. The van der Waals surface area contributed by atoms with Gasteiger partial charge in [0.15, 0.2) is 0 Å². The number of hydrogen-bond donors (Lipinski definition) is 5. The van der Waals surface area contributed by atoms with Crippen LogP contribution in [0.3, 0.4) is 0 Å². The maximum atomic E-state index is 12.8. The second kappa shape index (κ2) is 17.0. The second-order valence-electron chi connectivity index (χ2n) is 11.2. The van der Waals surface area contributed by atoms with Gasteiger partial charge in [0.25, 0.3) is 11.8 Å². The molecule has 0 saturated carbocycles. The van der Waals surface area contributed by atoms with E-state index in [0.717, 1.165) is 16.0 Å². The first-order valence-electron chi connectivity index (χ1n) is 15.0. The van der Waals surface area contributed by atoms with Crippen molar-refractivity contribution in [1.29, 1.82) is 0 Å². The van der Waals surface area contributed by atoms with Crippen LogP contribution in [0.2, 0.25) is 0 Å². The fourth-order valence-electron chi connectivity index (χ4n) is 5.16. The molecular weight excluding hydrogens is 572 g/mol. The SMILES string of the molecule is COCc1ccc(NC(=O)C(C)NC(=O)CNC(=O)CCCCCN2C(=O)C=CC2=O)cc1CCC1CC(O)[C@H](O)C(C)O1. The minimum Gasteiger partial charge on any atom is -0.390 e. The molecule has 0 aliphatic carbocycles. The van der Waals surface area contributed by atoms with Gasteiger partial charge >= 0.3 is 0 Å². The topological polar surface area (TPSA) is 184 Å². The molecule has 2 heterocycles. The van der Waals surface area contributed by atoms with E-state index in [1.807, 2.05) is 12.1 Å². The summed E-state index contributed by atoms with van der Waals surface area (Å²) in [6.45, 7) is 3.68. The monoisotopic (exact) mass is 616 g/mol. The van der Waals surface area contributed by atoms with Gasteiger partial charge in [0.1, 0.15) is 12.1 Å². The number of amides is 5. The first-order chi connectivity index (χ1) is 21.0. The number of aryl methyl sites for hydroxylation is 1. The molecule has 5 N–H and O–H groups in total. The molecule has 0 radical (unpaired) electrons. The molecular formula is C31H44N4O9. The number of rotatable bonds is 16. The molecule has 4 unspecified atom stereocenters. The molecule has 2 aliphatic rings. The standard InChI is InChI=1S/C31H44N4O9/c1-19(33-27(38)17-32-26(37)7-5-4-6-14-35-28(39)12-13-29(35)40)31(42)34-23-10-8-22(18-43-3)21(15-23)9-11-24-16-25(36)30(41)20(2)44-24/h8,10,12-13,15,19-20,24-25,30,36,41H,4-7,9,11,14,16-18H2,1-3H3,(H,32,37)(H,33,38)(H,34,42)/t19?,20?,24?,25?,30-/m1/s1. The summed E-state index contributed by atoms with van der Waals surface area (Å²) >= 11 is 0. The van der Waals surface area contributed by atoms with Crippen molar-refractivity contribution >= 4 is 35.2 Å². The van der Waals surface area contributed by atoms with E-state index in [1.54, 1.807) is 27.0 Å². The Morgan fingerprint density at radius 3 is 2.48 bits per heavy atom. The highest BCUT2D eigenvalue weighted by Gasteiger charge is 2.33. The largest absolute Gasteiger partial charge is 0.390 e. The van der Waals surface area contributed by atoms with Gasteiger partial charge in [0.2, 0.25) is 17.7 Å². The van der Waals surface area contributed by atoms with E-state index in [0.29, 0.717) is 57.4 Å². The molecule has 2 aliphatic heterocycles. The van der Waals surface area contributed by atoms with Gasteiger partial charge in [-0.15, -0.1) is 0 Å². The van der Waals surface area contributed by atoms with E-state index in [2.05, 4.69) is 16.0 Å². The minimum atomic E-state index is -0.907. The lowest BCUT2D eigenvalue weighted by atomic mass is 9.93. The summed E-state index contributed by atoms with van der Waals surface area (Å²) in [4.78, 5) is 61.5. The molecule has 242 valence electrons. The zero-order chi connectivity index (χ0) is 32.2. The van der Waals surface area contributed by atoms with E-state index in [1.165, 1.54) is 12.2 Å². The van der Waals surface area contributed by atoms with Crippen LogP contribution in [-0.2, 0) is 46.5 Å². The maximum absolute atomic E-state index is 12.8. The number of methoxy groups -OCH3 is 1. The number of carbonyl (C=O) groups is 5. The van der Waals surface area contributed by atoms with E-state index >= 15 is 0 Å². The fraction of sp³-hybridized carbons (Fsp3) is 0.581. The van der Waals surface area contributed by atoms with Crippen LogP contribution in [0.5, 0.6) is 0 Å². The van der Waals surface area contributed by atoms with Crippen LogP contribution in [0, 0.1) is 0 Å². The molecule has 1 saturated heterocycles. The number of ether oxygens (including phenoxy) is 2. The van der Waals surface area contributed by atoms with Crippen molar-refractivity contribution in [1.82, 2.24) is 15.5 Å². The molecule has 1 aromatic carbocycles. The third-order valence-electron chi connectivity index (χ3n) is 7.70. The number of carbonyl (C=O) groups excluding carboxylic acids is 5. The summed E-state index contributed by atoms with van der Waals surface area (Å²) in [5.41, 5.74) is 2.43. The number of unbranched alkanes of at least 4 members (excludes halogenated alkanes) is 2. The Kier molecular flexibility index (Phi) is 13.5. The van der Waals surface area contributed by atoms with Gasteiger partial charge in [-0.2, -0.15) is 0 Å². The Morgan fingerprint density at radius 1 is 1.07 bits per heavy atom. The molecule has 1 fully saturated rings. The number of imide groups is 1. The molecule has 13 heteroatoms. The van der Waals surface area contributed by atoms with Crippen molar-refractivity contribution in [3.8, 4) is 0 Å². The van der Waals surface area contributed by atoms with Gasteiger partial charge in [-0.1, -0.05) is 12.5 Å². The number of nitrogens with one attached hydrogen (secondary N) is 3. The van der Waals surface area contributed by atoms with E-state index in [9.17, 15) is 34.2 Å². The summed E-state index contributed by atoms with van der Waals surface area (Å²) in [5.74, 6) is -1.90. The Labute approximate surface area is 257 Å². The van der Waals surface area contributed by atoms with Crippen LogP contribution >= 0.6 is 0 Å². The van der Waals surface area contributed by atoms with Crippen molar-refractivity contribution in [2.75, 3.05) is 25.5 Å². The number of anilines is 1. The van der Waals surface area contributed by atoms with Gasteiger partial charge in [0.05, 0.1) is 31.5 Å². The Morgan fingerprint density at radius 2 is 1.80 bits per heavy atom. The minimum absolute atomic E-state index is 0.194. The Balaban J connectivity index is 1.39. The molecule has 0 bridgehead atoms. The molecule has 1 aromatic rings. The summed E-state index contributed by atoms with van der Waals surface area (Å²) in [6, 6.07) is 4.59. The van der Waals surface area contributed by atoms with Crippen molar-refractivity contribution in [2.45, 2.75) is 95.9 Å². The zero-order valence-electron chi connectivity index (χ0n) is 25.5. The quantitative estimate of drug-likeness (QED) is 0.132. The first kappa shape index (κ1) is 34.8. The van der Waals surface area contributed by atoms with Gasteiger partial charge in [-0.05, 0) is 62.8 Å². The van der Waals surface area contributed by atoms with Crippen LogP contribution in [-0.4, -0.2) is 95.3 Å². The molecule has 5 amide bonds. The van der Waals surface area contributed by atoms with Crippen LogP contribution in [0.15, 0.2) is 30.4 Å². The van der Waals surface area contributed by atoms with Crippen LogP contribution < -0.4 is 16.0 Å². The van der Waals surface area contributed by atoms with Gasteiger partial charge in [0, 0.05) is 44.3 Å². The van der Waals surface area contributed by atoms with Crippen LogP contribution in [0.25, 0.3) is 0 Å². The lowest BCUT2D eigenvalue weighted by Crippen LogP contribution is -2.46. The average molecular weight is 617 g/mol. The summed E-state index contributed by atoms with van der Waals surface area (Å²) in [6.07, 6.45) is 3.55. The van der Waals surface area contributed by atoms with E-state index in [-0.39, 0.29) is 36.8 Å². The molecule has 13 nitrogen and oxygen atoms in total. The summed E-state index contributed by atoms with van der Waals surface area (Å²) in [5, 5.41) is 28.0. The maximum Gasteiger partial charge on any atom is 0.253 e. The van der Waals surface area contributed by atoms with Gasteiger partial charge in [-0.3, -0.25) is 28.9 Å². The summed E-state index contributed by atoms with van der Waals surface area (Å²) in [7, 11) is 1.60. The molecule has 0 aromatic heterocycles. The summed E-state index contributed by atoms with van der Waals surface area (Å²) < 4.78 is 11.2. The number of aliphatic hydroxyl groups is 2. The van der Waals surface area contributed by atoms with Gasteiger partial charge in [-0.25, -0.2) is 0 Å². The lowest BCUT2D eigenvalue weighted by molar-refractivity contribution is -0.162. The fourth-order valence-corrected chi connectivity index (χ4v) is 5.16. The van der Waals surface area contributed by atoms with Crippen molar-refractivity contribution < 1.29 is 43.7 Å². The third kappa shape index (κ3) is 10.5. The highest BCUT2D eigenvalue weighted by Crippen LogP contribution is 2.25. The van der Waals surface area contributed by atoms with Crippen molar-refractivity contribution in [3.05, 3.63) is 41.5 Å².